The number of rotatable bonds is 3. The third-order valence-electron chi connectivity index (χ3n) is 3.93. The number of anilines is 1. The molecule has 2 amide bonds. The fraction of sp³-hybridized carbons (Fsp3) is 0.353. The topological polar surface area (TPSA) is 67.4 Å². The molecule has 1 aliphatic rings. The van der Waals surface area contributed by atoms with Crippen LogP contribution in [0.3, 0.4) is 0 Å². The van der Waals surface area contributed by atoms with Crippen LogP contribution in [0.5, 0.6) is 6.01 Å². The molecule has 0 aliphatic carbocycles. The minimum atomic E-state index is -0.0614. The Labute approximate surface area is 135 Å². The Bertz CT molecular complexity index is 655. The van der Waals surface area contributed by atoms with Gasteiger partial charge < -0.3 is 15.0 Å². The molecular weight excluding hydrogens is 292 g/mol. The summed E-state index contributed by atoms with van der Waals surface area (Å²) >= 11 is 0. The van der Waals surface area contributed by atoms with Gasteiger partial charge in [-0.25, -0.2) is 14.8 Å². The molecular formula is C17H20N4O2. The summed E-state index contributed by atoms with van der Waals surface area (Å²) in [5.41, 5.74) is 1.91. The maximum absolute atomic E-state index is 12.3. The van der Waals surface area contributed by atoms with Gasteiger partial charge in [-0.15, -0.1) is 0 Å². The summed E-state index contributed by atoms with van der Waals surface area (Å²) in [6.07, 6.45) is 4.93. The van der Waals surface area contributed by atoms with Crippen molar-refractivity contribution >= 4 is 11.7 Å². The molecule has 0 atom stereocenters. The molecule has 1 fully saturated rings. The molecule has 1 aromatic heterocycles. The molecule has 1 N–H and O–H groups in total. The molecule has 120 valence electrons. The van der Waals surface area contributed by atoms with Crippen molar-refractivity contribution in [3.05, 3.63) is 48.3 Å². The number of carbonyl (C=O) groups excluding carboxylic acids is 1. The lowest BCUT2D eigenvalue weighted by molar-refractivity contribution is 0.107. The second-order valence-electron chi connectivity index (χ2n) is 5.58. The number of hydrogen-bond donors (Lipinski definition) is 1. The molecule has 2 heterocycles. The molecule has 1 saturated heterocycles. The van der Waals surface area contributed by atoms with Crippen LogP contribution in [0.1, 0.15) is 18.4 Å². The number of piperidine rings is 1. The fourth-order valence-electron chi connectivity index (χ4n) is 2.58. The second-order valence-corrected chi connectivity index (χ2v) is 5.58. The van der Waals surface area contributed by atoms with E-state index in [1.807, 2.05) is 36.1 Å². The summed E-state index contributed by atoms with van der Waals surface area (Å²) in [6.45, 7) is 3.31. The van der Waals surface area contributed by atoms with Crippen molar-refractivity contribution in [2.45, 2.75) is 25.9 Å². The van der Waals surface area contributed by atoms with E-state index in [2.05, 4.69) is 15.3 Å². The van der Waals surface area contributed by atoms with Crippen LogP contribution in [-0.2, 0) is 0 Å². The van der Waals surface area contributed by atoms with Gasteiger partial charge in [-0.05, 0) is 24.6 Å². The van der Waals surface area contributed by atoms with E-state index in [0.717, 1.165) is 24.1 Å². The molecule has 1 aromatic carbocycles. The summed E-state index contributed by atoms with van der Waals surface area (Å²) < 4.78 is 5.74. The van der Waals surface area contributed by atoms with Gasteiger partial charge in [0.2, 0.25) is 0 Å². The highest BCUT2D eigenvalue weighted by Gasteiger charge is 2.24. The van der Waals surface area contributed by atoms with Crippen molar-refractivity contribution in [1.82, 2.24) is 14.9 Å². The number of hydrogen-bond acceptors (Lipinski definition) is 4. The first-order valence-electron chi connectivity index (χ1n) is 7.77. The van der Waals surface area contributed by atoms with Crippen molar-refractivity contribution in [3.8, 4) is 6.01 Å². The van der Waals surface area contributed by atoms with Crippen molar-refractivity contribution < 1.29 is 9.53 Å². The molecule has 2 aromatic rings. The van der Waals surface area contributed by atoms with E-state index in [0.29, 0.717) is 19.1 Å². The van der Waals surface area contributed by atoms with Crippen molar-refractivity contribution in [1.29, 1.82) is 0 Å². The Balaban J connectivity index is 1.50. The molecule has 0 spiro atoms. The summed E-state index contributed by atoms with van der Waals surface area (Å²) in [5, 5.41) is 2.97. The van der Waals surface area contributed by atoms with Gasteiger partial charge in [0.25, 0.3) is 0 Å². The molecule has 0 bridgehead atoms. The van der Waals surface area contributed by atoms with Crippen LogP contribution in [0.4, 0.5) is 10.5 Å². The fourth-order valence-corrected chi connectivity index (χ4v) is 2.58. The molecule has 3 rings (SSSR count). The minimum Gasteiger partial charge on any atom is -0.460 e. The Morgan fingerprint density at radius 2 is 1.87 bits per heavy atom. The van der Waals surface area contributed by atoms with E-state index in [1.165, 1.54) is 0 Å². The average molecular weight is 312 g/mol. The molecule has 0 saturated carbocycles. The minimum absolute atomic E-state index is 0.0555. The standard InChI is InChI=1S/C17H20N4O2/c1-13-5-2-3-6-15(13)20-17(22)21-11-7-14(8-12-21)23-16-18-9-4-10-19-16/h2-6,9-10,14H,7-8,11-12H2,1H3,(H,20,22). The SMILES string of the molecule is Cc1ccccc1NC(=O)N1CCC(Oc2ncccn2)CC1. The van der Waals surface area contributed by atoms with Gasteiger partial charge in [0.05, 0.1) is 0 Å². The zero-order valence-electron chi connectivity index (χ0n) is 13.1. The van der Waals surface area contributed by atoms with Crippen LogP contribution in [0, 0.1) is 6.92 Å². The molecule has 6 heteroatoms. The number of urea groups is 1. The Hall–Kier alpha value is -2.63. The van der Waals surface area contributed by atoms with E-state index in [9.17, 15) is 4.79 Å². The Morgan fingerprint density at radius 3 is 2.57 bits per heavy atom. The van der Waals surface area contributed by atoms with Gasteiger partial charge in [-0.2, -0.15) is 0 Å². The lowest BCUT2D eigenvalue weighted by Gasteiger charge is -2.31. The van der Waals surface area contributed by atoms with Gasteiger partial charge in [-0.3, -0.25) is 0 Å². The van der Waals surface area contributed by atoms with E-state index in [-0.39, 0.29) is 12.1 Å². The summed E-state index contributed by atoms with van der Waals surface area (Å²) in [7, 11) is 0. The van der Waals surface area contributed by atoms with Gasteiger partial charge in [0.15, 0.2) is 0 Å². The van der Waals surface area contributed by atoms with E-state index in [1.54, 1.807) is 18.5 Å². The van der Waals surface area contributed by atoms with Crippen molar-refractivity contribution in [2.24, 2.45) is 0 Å². The number of ether oxygens (including phenoxy) is 1. The number of nitrogens with zero attached hydrogens (tertiary/aromatic N) is 3. The first-order valence-corrected chi connectivity index (χ1v) is 7.77. The number of para-hydroxylation sites is 1. The predicted octanol–water partition coefficient (Wildman–Crippen LogP) is 2.86. The van der Waals surface area contributed by atoms with E-state index >= 15 is 0 Å². The number of benzene rings is 1. The normalized spacial score (nSPS) is 15.3. The largest absolute Gasteiger partial charge is 0.460 e. The zero-order chi connectivity index (χ0) is 16.1. The molecule has 0 radical (unpaired) electrons. The monoisotopic (exact) mass is 312 g/mol. The number of amides is 2. The van der Waals surface area contributed by atoms with Gasteiger partial charge in [0, 0.05) is 44.0 Å². The summed E-state index contributed by atoms with van der Waals surface area (Å²) in [6, 6.07) is 9.86. The van der Waals surface area contributed by atoms with Crippen molar-refractivity contribution in [2.75, 3.05) is 18.4 Å². The predicted molar refractivity (Wildman–Crippen MR) is 87.5 cm³/mol. The summed E-state index contributed by atoms with van der Waals surface area (Å²) in [4.78, 5) is 22.3. The molecule has 6 nitrogen and oxygen atoms in total. The van der Waals surface area contributed by atoms with Crippen LogP contribution in [0.25, 0.3) is 0 Å². The Morgan fingerprint density at radius 1 is 1.17 bits per heavy atom. The lowest BCUT2D eigenvalue weighted by Crippen LogP contribution is -2.44. The van der Waals surface area contributed by atoms with Crippen LogP contribution in [0.2, 0.25) is 0 Å². The third kappa shape index (κ3) is 3.97. The first kappa shape index (κ1) is 15.3. The molecule has 23 heavy (non-hydrogen) atoms. The summed E-state index contributed by atoms with van der Waals surface area (Å²) in [5.74, 6) is 0. The highest BCUT2D eigenvalue weighted by atomic mass is 16.5. The zero-order valence-corrected chi connectivity index (χ0v) is 13.1. The van der Waals surface area contributed by atoms with Gasteiger partial charge in [-0.1, -0.05) is 18.2 Å². The van der Waals surface area contributed by atoms with Crippen LogP contribution in [-0.4, -0.2) is 40.1 Å². The van der Waals surface area contributed by atoms with E-state index < -0.39 is 0 Å². The number of likely N-dealkylation sites (tertiary alicyclic amines) is 1. The van der Waals surface area contributed by atoms with Gasteiger partial charge >= 0.3 is 12.0 Å². The Kier molecular flexibility index (Phi) is 4.71. The van der Waals surface area contributed by atoms with Crippen LogP contribution in [0.15, 0.2) is 42.7 Å². The van der Waals surface area contributed by atoms with Crippen molar-refractivity contribution in [3.63, 3.8) is 0 Å². The maximum Gasteiger partial charge on any atom is 0.321 e. The smallest absolute Gasteiger partial charge is 0.321 e. The third-order valence-corrected chi connectivity index (χ3v) is 3.93. The number of aromatic nitrogens is 2. The molecule has 1 aliphatic heterocycles. The van der Waals surface area contributed by atoms with Crippen LogP contribution >= 0.6 is 0 Å². The average Bonchev–Trinajstić information content (AvgIpc) is 2.58. The lowest BCUT2D eigenvalue weighted by atomic mass is 10.1. The number of nitrogens with one attached hydrogen (secondary N) is 1. The van der Waals surface area contributed by atoms with Gasteiger partial charge in [0.1, 0.15) is 6.10 Å². The number of aryl methyl sites for hydroxylation is 1. The second kappa shape index (κ2) is 7.09. The van der Waals surface area contributed by atoms with Crippen LogP contribution < -0.4 is 10.1 Å². The van der Waals surface area contributed by atoms with E-state index in [4.69, 9.17) is 4.74 Å². The number of carbonyl (C=O) groups is 1. The first-order chi connectivity index (χ1) is 11.2. The highest BCUT2D eigenvalue weighted by Crippen LogP contribution is 2.18. The quantitative estimate of drug-likeness (QED) is 0.946. The maximum atomic E-state index is 12.3. The molecule has 0 unspecified atom stereocenters. The highest BCUT2D eigenvalue weighted by molar-refractivity contribution is 5.90.